The van der Waals surface area contributed by atoms with Crippen LogP contribution in [0.5, 0.6) is 0 Å². The third-order valence-corrected chi connectivity index (χ3v) is 2.99. The van der Waals surface area contributed by atoms with Crippen molar-refractivity contribution in [2.45, 2.75) is 18.4 Å². The first kappa shape index (κ1) is 6.38. The van der Waals surface area contributed by atoms with Crippen molar-refractivity contribution in [1.82, 2.24) is 5.32 Å². The topological polar surface area (TPSA) is 12.0 Å². The third-order valence-electron chi connectivity index (χ3n) is 2.30. The molecule has 2 heteroatoms. The summed E-state index contributed by atoms with van der Waals surface area (Å²) in [5, 5.41) is 7.75. The summed E-state index contributed by atoms with van der Waals surface area (Å²) in [7, 11) is 2.05. The monoisotopic (exact) mass is 153 g/mol. The fraction of sp³-hybridized carbons (Fsp3) is 0.500. The summed E-state index contributed by atoms with van der Waals surface area (Å²) in [5.74, 6) is 0. The predicted molar refractivity (Wildman–Crippen MR) is 44.3 cm³/mol. The van der Waals surface area contributed by atoms with Gasteiger partial charge in [-0.1, -0.05) is 0 Å². The minimum atomic E-state index is 0.375. The molecular formula is C8H11NS. The summed E-state index contributed by atoms with van der Waals surface area (Å²) < 4.78 is 0. The van der Waals surface area contributed by atoms with Crippen molar-refractivity contribution in [1.29, 1.82) is 0 Å². The quantitative estimate of drug-likeness (QED) is 0.685. The Morgan fingerprint density at radius 1 is 1.60 bits per heavy atom. The van der Waals surface area contributed by atoms with E-state index in [0.717, 1.165) is 0 Å². The smallest absolute Gasteiger partial charge is 0.0442 e. The Kier molecular flexibility index (Phi) is 1.32. The lowest BCUT2D eigenvalue weighted by molar-refractivity contribution is 0.588. The Morgan fingerprint density at radius 3 is 2.80 bits per heavy atom. The van der Waals surface area contributed by atoms with Crippen LogP contribution >= 0.6 is 11.3 Å². The summed E-state index contributed by atoms with van der Waals surface area (Å²) in [6.45, 7) is 0. The number of rotatable bonds is 2. The first-order chi connectivity index (χ1) is 4.87. The largest absolute Gasteiger partial charge is 0.310 e. The van der Waals surface area contributed by atoms with Crippen LogP contribution < -0.4 is 5.32 Å². The van der Waals surface area contributed by atoms with Gasteiger partial charge >= 0.3 is 0 Å². The highest BCUT2D eigenvalue weighted by Gasteiger charge is 2.42. The van der Waals surface area contributed by atoms with Crippen LogP contribution in [0.15, 0.2) is 16.8 Å². The summed E-state index contributed by atoms with van der Waals surface area (Å²) in [5.41, 5.74) is 1.85. The van der Waals surface area contributed by atoms with Gasteiger partial charge in [0, 0.05) is 5.54 Å². The van der Waals surface area contributed by atoms with Crippen molar-refractivity contribution in [3.63, 3.8) is 0 Å². The molecule has 1 saturated carbocycles. The van der Waals surface area contributed by atoms with E-state index in [1.807, 2.05) is 7.05 Å². The molecule has 1 heterocycles. The minimum Gasteiger partial charge on any atom is -0.310 e. The maximum absolute atomic E-state index is 3.36. The van der Waals surface area contributed by atoms with Crippen molar-refractivity contribution in [3.05, 3.63) is 22.4 Å². The first-order valence-electron chi connectivity index (χ1n) is 3.59. The van der Waals surface area contributed by atoms with E-state index in [9.17, 15) is 0 Å². The molecule has 1 aromatic rings. The number of hydrogen-bond donors (Lipinski definition) is 1. The summed E-state index contributed by atoms with van der Waals surface area (Å²) >= 11 is 1.78. The van der Waals surface area contributed by atoms with Gasteiger partial charge in [-0.3, -0.25) is 0 Å². The molecule has 1 nitrogen and oxygen atoms in total. The van der Waals surface area contributed by atoms with Crippen molar-refractivity contribution in [2.75, 3.05) is 7.05 Å². The Balaban J connectivity index is 2.27. The van der Waals surface area contributed by atoms with E-state index in [-0.39, 0.29) is 0 Å². The van der Waals surface area contributed by atoms with Crippen LogP contribution in [0, 0.1) is 0 Å². The van der Waals surface area contributed by atoms with Crippen LogP contribution in [-0.4, -0.2) is 7.05 Å². The molecule has 0 bridgehead atoms. The molecule has 0 unspecified atom stereocenters. The first-order valence-corrected chi connectivity index (χ1v) is 4.53. The summed E-state index contributed by atoms with van der Waals surface area (Å²) in [4.78, 5) is 0. The van der Waals surface area contributed by atoms with E-state index in [0.29, 0.717) is 5.54 Å². The van der Waals surface area contributed by atoms with Crippen LogP contribution in [0.4, 0.5) is 0 Å². The van der Waals surface area contributed by atoms with Gasteiger partial charge in [-0.2, -0.15) is 11.3 Å². The lowest BCUT2D eigenvalue weighted by Crippen LogP contribution is -2.23. The van der Waals surface area contributed by atoms with Gasteiger partial charge in [0.1, 0.15) is 0 Å². The van der Waals surface area contributed by atoms with Crippen molar-refractivity contribution >= 4 is 11.3 Å². The van der Waals surface area contributed by atoms with E-state index < -0.39 is 0 Å². The molecular weight excluding hydrogens is 142 g/mol. The SMILES string of the molecule is CNC1(c2ccsc2)CC1. The normalized spacial score (nSPS) is 20.9. The summed E-state index contributed by atoms with van der Waals surface area (Å²) in [6.07, 6.45) is 2.61. The molecule has 0 radical (unpaired) electrons. The van der Waals surface area contributed by atoms with Gasteiger partial charge in [0.15, 0.2) is 0 Å². The van der Waals surface area contributed by atoms with Gasteiger partial charge in [0.25, 0.3) is 0 Å². The van der Waals surface area contributed by atoms with E-state index >= 15 is 0 Å². The fourth-order valence-electron chi connectivity index (χ4n) is 1.34. The highest BCUT2D eigenvalue weighted by Crippen LogP contribution is 2.45. The molecule has 0 spiro atoms. The predicted octanol–water partition coefficient (Wildman–Crippen LogP) is 1.96. The van der Waals surface area contributed by atoms with Gasteiger partial charge in [0.05, 0.1) is 0 Å². The molecule has 1 aliphatic rings. The molecule has 10 heavy (non-hydrogen) atoms. The molecule has 54 valence electrons. The molecule has 0 amide bonds. The van der Waals surface area contributed by atoms with E-state index in [1.165, 1.54) is 18.4 Å². The zero-order chi connectivity index (χ0) is 7.03. The lowest BCUT2D eigenvalue weighted by Gasteiger charge is -2.10. The molecule has 1 aliphatic carbocycles. The molecule has 0 aliphatic heterocycles. The van der Waals surface area contributed by atoms with Gasteiger partial charge in [-0.15, -0.1) is 0 Å². The molecule has 0 atom stereocenters. The minimum absolute atomic E-state index is 0.375. The second kappa shape index (κ2) is 2.07. The number of hydrogen-bond acceptors (Lipinski definition) is 2. The van der Waals surface area contributed by atoms with Gasteiger partial charge < -0.3 is 5.32 Å². The zero-order valence-electron chi connectivity index (χ0n) is 6.05. The highest BCUT2D eigenvalue weighted by molar-refractivity contribution is 7.08. The van der Waals surface area contributed by atoms with Gasteiger partial charge in [-0.05, 0) is 42.3 Å². The Morgan fingerprint density at radius 2 is 2.40 bits per heavy atom. The maximum Gasteiger partial charge on any atom is 0.0442 e. The second-order valence-electron chi connectivity index (χ2n) is 2.84. The fourth-order valence-corrected chi connectivity index (χ4v) is 2.10. The average molecular weight is 153 g/mol. The molecule has 1 fully saturated rings. The van der Waals surface area contributed by atoms with Crippen LogP contribution in [0.2, 0.25) is 0 Å². The van der Waals surface area contributed by atoms with Crippen LogP contribution in [0.25, 0.3) is 0 Å². The highest BCUT2D eigenvalue weighted by atomic mass is 32.1. The molecule has 0 aromatic carbocycles. The third kappa shape index (κ3) is 0.796. The zero-order valence-corrected chi connectivity index (χ0v) is 6.87. The molecule has 1 aromatic heterocycles. The van der Waals surface area contributed by atoms with Crippen molar-refractivity contribution in [3.8, 4) is 0 Å². The van der Waals surface area contributed by atoms with Crippen LogP contribution in [0.1, 0.15) is 18.4 Å². The molecule has 1 N–H and O–H groups in total. The number of thiophene rings is 1. The van der Waals surface area contributed by atoms with Gasteiger partial charge in [-0.25, -0.2) is 0 Å². The maximum atomic E-state index is 3.36. The van der Waals surface area contributed by atoms with E-state index in [4.69, 9.17) is 0 Å². The molecule has 0 saturated heterocycles. The van der Waals surface area contributed by atoms with Crippen molar-refractivity contribution in [2.24, 2.45) is 0 Å². The summed E-state index contributed by atoms with van der Waals surface area (Å²) in [6, 6.07) is 2.22. The van der Waals surface area contributed by atoms with E-state index in [2.05, 4.69) is 22.1 Å². The lowest BCUT2D eigenvalue weighted by atomic mass is 10.1. The molecule has 2 rings (SSSR count). The van der Waals surface area contributed by atoms with Crippen molar-refractivity contribution < 1.29 is 0 Å². The van der Waals surface area contributed by atoms with Crippen LogP contribution in [-0.2, 0) is 5.54 Å². The standard InChI is InChI=1S/C8H11NS/c1-9-8(3-4-8)7-2-5-10-6-7/h2,5-6,9H,3-4H2,1H3. The Bertz CT molecular complexity index is 211. The van der Waals surface area contributed by atoms with E-state index in [1.54, 1.807) is 11.3 Å². The number of nitrogens with one attached hydrogen (secondary N) is 1. The second-order valence-corrected chi connectivity index (χ2v) is 3.62. The average Bonchev–Trinajstić information content (AvgIpc) is 2.58. The van der Waals surface area contributed by atoms with Crippen LogP contribution in [0.3, 0.4) is 0 Å². The van der Waals surface area contributed by atoms with Gasteiger partial charge in [0.2, 0.25) is 0 Å². The Hall–Kier alpha value is -0.340. The Labute approximate surface area is 65.1 Å².